The second kappa shape index (κ2) is 4.60. The van der Waals surface area contributed by atoms with Crippen LogP contribution in [0.1, 0.15) is 45.7 Å². The molecule has 0 unspecified atom stereocenters. The molecule has 14 heavy (non-hydrogen) atoms. The highest BCUT2D eigenvalue weighted by molar-refractivity contribution is 5.09. The molecule has 80 valence electrons. The fraction of sp³-hybridized carbons (Fsp3) is 0.727. The summed E-state index contributed by atoms with van der Waals surface area (Å²) < 4.78 is 2.16. The summed E-state index contributed by atoms with van der Waals surface area (Å²) in [5, 5.41) is 0. The van der Waals surface area contributed by atoms with Crippen LogP contribution in [-0.4, -0.2) is 9.55 Å². The summed E-state index contributed by atoms with van der Waals surface area (Å²) in [7, 11) is 0. The van der Waals surface area contributed by atoms with Gasteiger partial charge in [0.05, 0.1) is 17.6 Å². The fourth-order valence-electron chi connectivity index (χ4n) is 1.57. The van der Waals surface area contributed by atoms with E-state index < -0.39 is 0 Å². The Morgan fingerprint density at radius 1 is 1.43 bits per heavy atom. The van der Waals surface area contributed by atoms with Crippen LogP contribution in [0.3, 0.4) is 0 Å². The van der Waals surface area contributed by atoms with E-state index in [1.54, 1.807) is 0 Å². The van der Waals surface area contributed by atoms with Gasteiger partial charge in [0.15, 0.2) is 0 Å². The van der Waals surface area contributed by atoms with Gasteiger partial charge < -0.3 is 10.3 Å². The summed E-state index contributed by atoms with van der Waals surface area (Å²) in [5.74, 6) is 0. The number of nitrogens with zero attached hydrogens (tertiary/aromatic N) is 2. The highest BCUT2D eigenvalue weighted by Crippen LogP contribution is 2.16. The molecule has 0 atom stereocenters. The smallest absolute Gasteiger partial charge is 0.0948 e. The number of nitrogens with two attached hydrogens (primary N) is 1. The van der Waals surface area contributed by atoms with Gasteiger partial charge in [0, 0.05) is 12.7 Å². The van der Waals surface area contributed by atoms with Gasteiger partial charge >= 0.3 is 0 Å². The molecule has 1 aromatic heterocycles. The number of rotatable bonds is 5. The van der Waals surface area contributed by atoms with Gasteiger partial charge in [-0.25, -0.2) is 4.98 Å². The fourth-order valence-corrected chi connectivity index (χ4v) is 1.57. The van der Waals surface area contributed by atoms with Gasteiger partial charge in [0.2, 0.25) is 0 Å². The third-order valence-corrected chi connectivity index (χ3v) is 2.38. The van der Waals surface area contributed by atoms with E-state index in [2.05, 4.69) is 16.5 Å². The maximum atomic E-state index is 6.05. The molecule has 1 aromatic rings. The van der Waals surface area contributed by atoms with Crippen molar-refractivity contribution in [3.8, 4) is 0 Å². The Kier molecular flexibility index (Phi) is 3.69. The lowest BCUT2D eigenvalue weighted by atomic mass is 10.0. The molecular weight excluding hydrogens is 174 g/mol. The Labute approximate surface area is 86.3 Å². The molecule has 0 aromatic carbocycles. The first-order valence-corrected chi connectivity index (χ1v) is 5.35. The SMILES string of the molecule is CCCCCn1cncc1C(C)(C)N. The van der Waals surface area contributed by atoms with Crippen molar-refractivity contribution >= 4 is 0 Å². The highest BCUT2D eigenvalue weighted by atomic mass is 15.1. The lowest BCUT2D eigenvalue weighted by molar-refractivity contribution is 0.480. The number of aryl methyl sites for hydroxylation is 1. The van der Waals surface area contributed by atoms with Crippen molar-refractivity contribution in [3.63, 3.8) is 0 Å². The molecule has 0 spiro atoms. The van der Waals surface area contributed by atoms with Crippen molar-refractivity contribution in [2.45, 2.75) is 52.1 Å². The lowest BCUT2D eigenvalue weighted by Crippen LogP contribution is -2.31. The van der Waals surface area contributed by atoms with E-state index in [0.29, 0.717) is 0 Å². The summed E-state index contributed by atoms with van der Waals surface area (Å²) in [4.78, 5) is 4.15. The van der Waals surface area contributed by atoms with Crippen LogP contribution < -0.4 is 5.73 Å². The van der Waals surface area contributed by atoms with Crippen LogP contribution in [0.15, 0.2) is 12.5 Å². The van der Waals surface area contributed by atoms with Crippen molar-refractivity contribution in [3.05, 3.63) is 18.2 Å². The molecule has 3 heteroatoms. The minimum atomic E-state index is -0.289. The first-order valence-electron chi connectivity index (χ1n) is 5.35. The topological polar surface area (TPSA) is 43.8 Å². The second-order valence-electron chi connectivity index (χ2n) is 4.40. The van der Waals surface area contributed by atoms with Gasteiger partial charge in [-0.15, -0.1) is 0 Å². The highest BCUT2D eigenvalue weighted by Gasteiger charge is 2.18. The molecule has 0 fully saturated rings. The van der Waals surface area contributed by atoms with Crippen LogP contribution in [0.25, 0.3) is 0 Å². The summed E-state index contributed by atoms with van der Waals surface area (Å²) in [6.07, 6.45) is 7.46. The number of hydrogen-bond donors (Lipinski definition) is 1. The Bertz CT molecular complexity index is 270. The third-order valence-electron chi connectivity index (χ3n) is 2.38. The average molecular weight is 195 g/mol. The van der Waals surface area contributed by atoms with E-state index in [4.69, 9.17) is 5.73 Å². The van der Waals surface area contributed by atoms with Crippen LogP contribution >= 0.6 is 0 Å². The molecule has 0 aliphatic heterocycles. The van der Waals surface area contributed by atoms with Gasteiger partial charge in [-0.05, 0) is 20.3 Å². The van der Waals surface area contributed by atoms with E-state index in [9.17, 15) is 0 Å². The molecule has 0 saturated carbocycles. The summed E-state index contributed by atoms with van der Waals surface area (Å²) in [6, 6.07) is 0. The van der Waals surface area contributed by atoms with Gasteiger partial charge in [-0.1, -0.05) is 19.8 Å². The maximum Gasteiger partial charge on any atom is 0.0948 e. The monoisotopic (exact) mass is 195 g/mol. The molecule has 0 bridgehead atoms. The average Bonchev–Trinajstić information content (AvgIpc) is 2.52. The zero-order valence-electron chi connectivity index (χ0n) is 9.45. The quantitative estimate of drug-likeness (QED) is 0.732. The van der Waals surface area contributed by atoms with Crippen molar-refractivity contribution < 1.29 is 0 Å². The molecule has 0 amide bonds. The molecule has 0 saturated heterocycles. The van der Waals surface area contributed by atoms with Crippen molar-refractivity contribution in [2.75, 3.05) is 0 Å². The number of aromatic nitrogens is 2. The van der Waals surface area contributed by atoms with Crippen LogP contribution in [0.4, 0.5) is 0 Å². The van der Waals surface area contributed by atoms with Crippen molar-refractivity contribution in [1.29, 1.82) is 0 Å². The predicted octanol–water partition coefficient (Wildman–Crippen LogP) is 2.27. The predicted molar refractivity (Wildman–Crippen MR) is 59.0 cm³/mol. The standard InChI is InChI=1S/C11H21N3/c1-4-5-6-7-14-9-13-8-10(14)11(2,3)12/h8-9H,4-7,12H2,1-3H3. The number of imidazole rings is 1. The van der Waals surface area contributed by atoms with Gasteiger partial charge in [0.25, 0.3) is 0 Å². The largest absolute Gasteiger partial charge is 0.333 e. The van der Waals surface area contributed by atoms with Crippen LogP contribution in [-0.2, 0) is 12.1 Å². The van der Waals surface area contributed by atoms with Gasteiger partial charge in [-0.3, -0.25) is 0 Å². The molecule has 3 nitrogen and oxygen atoms in total. The number of unbranched alkanes of at least 4 members (excludes halogenated alkanes) is 2. The second-order valence-corrected chi connectivity index (χ2v) is 4.40. The van der Waals surface area contributed by atoms with E-state index in [1.165, 1.54) is 19.3 Å². The van der Waals surface area contributed by atoms with E-state index in [0.717, 1.165) is 12.2 Å². The zero-order valence-corrected chi connectivity index (χ0v) is 9.45. The van der Waals surface area contributed by atoms with Crippen LogP contribution in [0.2, 0.25) is 0 Å². The lowest BCUT2D eigenvalue weighted by Gasteiger charge is -2.20. The summed E-state index contributed by atoms with van der Waals surface area (Å²) in [5.41, 5.74) is 6.88. The molecule has 0 aliphatic rings. The van der Waals surface area contributed by atoms with Crippen LogP contribution in [0, 0.1) is 0 Å². The van der Waals surface area contributed by atoms with Crippen molar-refractivity contribution in [2.24, 2.45) is 5.73 Å². The Hall–Kier alpha value is -0.830. The summed E-state index contributed by atoms with van der Waals surface area (Å²) >= 11 is 0. The Balaban J connectivity index is 2.63. The number of hydrogen-bond acceptors (Lipinski definition) is 2. The third kappa shape index (κ3) is 2.84. The Morgan fingerprint density at radius 3 is 2.71 bits per heavy atom. The Morgan fingerprint density at radius 2 is 2.14 bits per heavy atom. The molecule has 1 rings (SSSR count). The zero-order chi connectivity index (χ0) is 10.6. The first kappa shape index (κ1) is 11.2. The molecule has 2 N–H and O–H groups in total. The molecule has 0 aliphatic carbocycles. The molecule has 0 radical (unpaired) electrons. The van der Waals surface area contributed by atoms with Gasteiger partial charge in [0.1, 0.15) is 0 Å². The maximum absolute atomic E-state index is 6.05. The normalized spacial score (nSPS) is 12.0. The van der Waals surface area contributed by atoms with Gasteiger partial charge in [-0.2, -0.15) is 0 Å². The summed E-state index contributed by atoms with van der Waals surface area (Å²) in [6.45, 7) is 7.27. The molecule has 1 heterocycles. The van der Waals surface area contributed by atoms with Crippen LogP contribution in [0.5, 0.6) is 0 Å². The minimum absolute atomic E-state index is 0.289. The van der Waals surface area contributed by atoms with E-state index in [1.807, 2.05) is 26.4 Å². The minimum Gasteiger partial charge on any atom is -0.333 e. The molecular formula is C11H21N3. The van der Waals surface area contributed by atoms with Crippen molar-refractivity contribution in [1.82, 2.24) is 9.55 Å². The van der Waals surface area contributed by atoms with E-state index >= 15 is 0 Å². The first-order chi connectivity index (χ1) is 6.55. The van der Waals surface area contributed by atoms with E-state index in [-0.39, 0.29) is 5.54 Å².